The summed E-state index contributed by atoms with van der Waals surface area (Å²) in [5.74, 6) is 3.82. The van der Waals surface area contributed by atoms with E-state index in [1.54, 1.807) is 0 Å². The highest BCUT2D eigenvalue weighted by Gasteiger charge is 2.25. The highest BCUT2D eigenvalue weighted by molar-refractivity contribution is 7.80. The SMILES string of the molecule is C[C@@H]1C[C@H](C)CN(c2cc(N3CCCCC3)nc(NC(=S)NCc3ccccc3Cl)n2)C1. The number of hydrogen-bond acceptors (Lipinski definition) is 5. The van der Waals surface area contributed by atoms with Gasteiger partial charge in [0, 0.05) is 43.8 Å². The number of nitrogens with zero attached hydrogens (tertiary/aromatic N) is 4. The number of thiocarbonyl (C=S) groups is 1. The van der Waals surface area contributed by atoms with Crippen molar-refractivity contribution in [3.63, 3.8) is 0 Å². The molecule has 0 radical (unpaired) electrons. The third-order valence-electron chi connectivity index (χ3n) is 6.19. The first-order valence-corrected chi connectivity index (χ1v) is 12.4. The van der Waals surface area contributed by atoms with E-state index in [2.05, 4.69) is 40.3 Å². The number of rotatable bonds is 5. The molecule has 172 valence electrons. The van der Waals surface area contributed by atoms with Gasteiger partial charge in [0.2, 0.25) is 5.95 Å². The van der Waals surface area contributed by atoms with Crippen molar-refractivity contribution in [2.75, 3.05) is 41.3 Å². The molecule has 0 bridgehead atoms. The van der Waals surface area contributed by atoms with Gasteiger partial charge in [-0.3, -0.25) is 0 Å². The van der Waals surface area contributed by atoms with Crippen LogP contribution in [0.3, 0.4) is 0 Å². The van der Waals surface area contributed by atoms with Crippen LogP contribution in [0, 0.1) is 11.8 Å². The maximum atomic E-state index is 6.27. The lowest BCUT2D eigenvalue weighted by Gasteiger charge is -2.36. The summed E-state index contributed by atoms with van der Waals surface area (Å²) in [6.07, 6.45) is 4.97. The molecule has 6 nitrogen and oxygen atoms in total. The topological polar surface area (TPSA) is 56.3 Å². The zero-order valence-corrected chi connectivity index (χ0v) is 20.6. The molecule has 0 aliphatic carbocycles. The third kappa shape index (κ3) is 6.01. The molecule has 2 atom stereocenters. The second-order valence-electron chi connectivity index (χ2n) is 9.21. The van der Waals surface area contributed by atoms with Crippen LogP contribution < -0.4 is 20.4 Å². The monoisotopic (exact) mass is 472 g/mol. The van der Waals surface area contributed by atoms with Gasteiger partial charge in [-0.15, -0.1) is 0 Å². The number of hydrogen-bond donors (Lipinski definition) is 2. The summed E-state index contributed by atoms with van der Waals surface area (Å²) in [5, 5.41) is 7.66. The first-order chi connectivity index (χ1) is 15.5. The largest absolute Gasteiger partial charge is 0.358 e. The normalized spacial score (nSPS) is 21.3. The second-order valence-corrected chi connectivity index (χ2v) is 10.0. The average Bonchev–Trinajstić information content (AvgIpc) is 2.78. The van der Waals surface area contributed by atoms with Crippen molar-refractivity contribution in [2.45, 2.75) is 46.1 Å². The first kappa shape index (κ1) is 23.1. The summed E-state index contributed by atoms with van der Waals surface area (Å²) in [6, 6.07) is 9.92. The van der Waals surface area contributed by atoms with Gasteiger partial charge >= 0.3 is 0 Å². The third-order valence-corrected chi connectivity index (χ3v) is 6.81. The molecule has 1 aromatic heterocycles. The molecule has 0 unspecified atom stereocenters. The molecule has 2 aliphatic rings. The van der Waals surface area contributed by atoms with Crippen molar-refractivity contribution in [1.29, 1.82) is 0 Å². The fourth-order valence-corrected chi connectivity index (χ4v) is 5.10. The minimum Gasteiger partial charge on any atom is -0.358 e. The van der Waals surface area contributed by atoms with Crippen molar-refractivity contribution in [2.24, 2.45) is 11.8 Å². The number of piperidine rings is 2. The number of benzene rings is 1. The Kier molecular flexibility index (Phi) is 7.68. The summed E-state index contributed by atoms with van der Waals surface area (Å²) in [6.45, 7) is 9.32. The van der Waals surface area contributed by atoms with E-state index < -0.39 is 0 Å². The van der Waals surface area contributed by atoms with Crippen LogP contribution in [0.5, 0.6) is 0 Å². The minimum absolute atomic E-state index is 0.493. The van der Waals surface area contributed by atoms with Gasteiger partial charge in [-0.1, -0.05) is 43.6 Å². The maximum absolute atomic E-state index is 6.27. The van der Waals surface area contributed by atoms with E-state index in [0.717, 1.165) is 48.4 Å². The van der Waals surface area contributed by atoms with Crippen LogP contribution in [-0.2, 0) is 6.54 Å². The van der Waals surface area contributed by atoms with Crippen LogP contribution >= 0.6 is 23.8 Å². The van der Waals surface area contributed by atoms with Crippen molar-refractivity contribution in [3.8, 4) is 0 Å². The highest BCUT2D eigenvalue weighted by atomic mass is 35.5. The molecule has 8 heteroatoms. The van der Waals surface area contributed by atoms with Crippen LogP contribution in [0.15, 0.2) is 30.3 Å². The highest BCUT2D eigenvalue weighted by Crippen LogP contribution is 2.29. The van der Waals surface area contributed by atoms with Gasteiger partial charge < -0.3 is 20.4 Å². The van der Waals surface area contributed by atoms with Gasteiger partial charge in [-0.25, -0.2) is 0 Å². The standard InChI is InChI=1S/C24H33ClN6S/c1-17-12-18(2)16-31(15-17)22-13-21(30-10-6-3-7-11-30)27-23(28-22)29-24(32)26-14-19-8-4-5-9-20(19)25/h4-5,8-9,13,17-18H,3,6-7,10-12,14-16H2,1-2H3,(H2,26,27,28,29,32)/t17-,18+. The molecule has 2 N–H and O–H groups in total. The average molecular weight is 473 g/mol. The molecule has 3 heterocycles. The number of anilines is 3. The Morgan fingerprint density at radius 1 is 1.03 bits per heavy atom. The first-order valence-electron chi connectivity index (χ1n) is 11.6. The van der Waals surface area contributed by atoms with Gasteiger partial charge in [0.25, 0.3) is 0 Å². The van der Waals surface area contributed by atoms with Crippen LogP contribution in [-0.4, -0.2) is 41.3 Å². The fourth-order valence-electron chi connectivity index (χ4n) is 4.74. The summed E-state index contributed by atoms with van der Waals surface area (Å²) in [4.78, 5) is 14.5. The second kappa shape index (κ2) is 10.7. The van der Waals surface area contributed by atoms with Gasteiger partial charge in [-0.05, 0) is 61.4 Å². The van der Waals surface area contributed by atoms with Crippen LogP contribution in [0.1, 0.15) is 45.1 Å². The van der Waals surface area contributed by atoms with Gasteiger partial charge in [0.05, 0.1) is 0 Å². The Morgan fingerprint density at radius 3 is 2.38 bits per heavy atom. The number of halogens is 1. The predicted octanol–water partition coefficient (Wildman–Crippen LogP) is 5.09. The molecule has 1 aromatic carbocycles. The quantitative estimate of drug-likeness (QED) is 0.588. The summed E-state index contributed by atoms with van der Waals surface area (Å²) < 4.78 is 0. The predicted molar refractivity (Wildman–Crippen MR) is 138 cm³/mol. The van der Waals surface area contributed by atoms with Gasteiger partial charge in [0.1, 0.15) is 11.6 Å². The number of nitrogens with one attached hydrogen (secondary N) is 2. The maximum Gasteiger partial charge on any atom is 0.232 e. The zero-order chi connectivity index (χ0) is 22.5. The lowest BCUT2D eigenvalue weighted by Crippen LogP contribution is -2.40. The van der Waals surface area contributed by atoms with E-state index in [0.29, 0.717) is 29.4 Å². The summed E-state index contributed by atoms with van der Waals surface area (Å²) >= 11 is 11.8. The van der Waals surface area contributed by atoms with E-state index in [9.17, 15) is 0 Å². The van der Waals surface area contributed by atoms with E-state index in [1.165, 1.54) is 25.7 Å². The summed E-state index contributed by atoms with van der Waals surface area (Å²) in [7, 11) is 0. The lowest BCUT2D eigenvalue weighted by molar-refractivity contribution is 0.355. The smallest absolute Gasteiger partial charge is 0.232 e. The van der Waals surface area contributed by atoms with Crippen molar-refractivity contribution in [3.05, 3.63) is 40.9 Å². The summed E-state index contributed by atoms with van der Waals surface area (Å²) in [5.41, 5.74) is 0.998. The molecular formula is C24H33ClN6S. The Hall–Kier alpha value is -2.12. The number of aromatic nitrogens is 2. The molecule has 0 spiro atoms. The molecular weight excluding hydrogens is 440 g/mol. The molecule has 2 fully saturated rings. The molecule has 2 aromatic rings. The molecule has 2 aliphatic heterocycles. The Morgan fingerprint density at radius 2 is 1.69 bits per heavy atom. The molecule has 32 heavy (non-hydrogen) atoms. The van der Waals surface area contributed by atoms with Gasteiger partial charge in [-0.2, -0.15) is 9.97 Å². The van der Waals surface area contributed by atoms with Gasteiger partial charge in [0.15, 0.2) is 5.11 Å². The molecule has 0 amide bonds. The van der Waals surface area contributed by atoms with E-state index in [4.69, 9.17) is 33.8 Å². The van der Waals surface area contributed by atoms with Crippen LogP contribution in [0.25, 0.3) is 0 Å². The minimum atomic E-state index is 0.493. The zero-order valence-electron chi connectivity index (χ0n) is 19.0. The molecule has 4 rings (SSSR count). The molecule has 2 saturated heterocycles. The van der Waals surface area contributed by atoms with E-state index in [1.807, 2.05) is 24.3 Å². The van der Waals surface area contributed by atoms with E-state index in [-0.39, 0.29) is 0 Å². The van der Waals surface area contributed by atoms with Crippen molar-refractivity contribution < 1.29 is 0 Å². The van der Waals surface area contributed by atoms with E-state index >= 15 is 0 Å². The Bertz CT molecular complexity index is 922. The van der Waals surface area contributed by atoms with Crippen LogP contribution in [0.2, 0.25) is 5.02 Å². The Labute approximate surface area is 201 Å². The lowest BCUT2D eigenvalue weighted by atomic mass is 9.92. The fraction of sp³-hybridized carbons (Fsp3) is 0.542. The van der Waals surface area contributed by atoms with Crippen LogP contribution in [0.4, 0.5) is 17.6 Å². The van der Waals surface area contributed by atoms with Crippen molar-refractivity contribution in [1.82, 2.24) is 15.3 Å². The molecule has 0 saturated carbocycles. The Balaban J connectivity index is 1.51. The van der Waals surface area contributed by atoms with Crippen molar-refractivity contribution >= 4 is 46.5 Å².